The highest BCUT2D eigenvalue weighted by atomic mass is 19.1. The topological polar surface area (TPSA) is 12.9 Å². The molecular formula is C9H15F2N. The van der Waals surface area contributed by atoms with Gasteiger partial charge in [-0.15, -0.1) is 0 Å². The molecule has 0 fully saturated rings. The van der Waals surface area contributed by atoms with Crippen LogP contribution in [0.2, 0.25) is 0 Å². The van der Waals surface area contributed by atoms with Crippen molar-refractivity contribution in [3.05, 3.63) is 30.1 Å². The maximum Gasteiger partial charge on any atom is 0.212 e. The van der Waals surface area contributed by atoms with Crippen molar-refractivity contribution in [2.45, 2.75) is 27.7 Å². The third-order valence-corrected chi connectivity index (χ3v) is 0.691. The molecule has 1 rings (SSSR count). The molecule has 1 aromatic rings. The lowest BCUT2D eigenvalue weighted by Crippen LogP contribution is -1.80. The highest BCUT2D eigenvalue weighted by Crippen LogP contribution is 1.93. The van der Waals surface area contributed by atoms with E-state index in [2.05, 4.69) is 4.98 Å². The second-order valence-electron chi connectivity index (χ2n) is 1.30. The molecule has 0 unspecified atom stereocenters. The fourth-order valence-electron chi connectivity index (χ4n) is 0.358. The molecule has 0 amide bonds. The van der Waals surface area contributed by atoms with E-state index < -0.39 is 11.8 Å². The second-order valence-corrected chi connectivity index (χ2v) is 1.30. The molecule has 1 heterocycles. The van der Waals surface area contributed by atoms with Crippen molar-refractivity contribution < 1.29 is 8.78 Å². The maximum atomic E-state index is 11.9. The monoisotopic (exact) mass is 175 g/mol. The average Bonchev–Trinajstić information content (AvgIpc) is 2.17. The smallest absolute Gasteiger partial charge is 0.212 e. The Morgan fingerprint density at radius 2 is 1.50 bits per heavy atom. The van der Waals surface area contributed by atoms with E-state index in [4.69, 9.17) is 0 Å². The first kappa shape index (κ1) is 13.6. The van der Waals surface area contributed by atoms with E-state index in [-0.39, 0.29) is 0 Å². The van der Waals surface area contributed by atoms with Gasteiger partial charge in [-0.1, -0.05) is 27.7 Å². The Morgan fingerprint density at radius 1 is 1.00 bits per heavy atom. The summed E-state index contributed by atoms with van der Waals surface area (Å²) in [5.41, 5.74) is 0. The Labute approximate surface area is 72.5 Å². The van der Waals surface area contributed by atoms with Gasteiger partial charge >= 0.3 is 0 Å². The summed E-state index contributed by atoms with van der Waals surface area (Å²) in [5.74, 6) is -1.18. The minimum absolute atomic E-state index is 0.522. The fourth-order valence-corrected chi connectivity index (χ4v) is 0.358. The normalized spacial score (nSPS) is 7.17. The quantitative estimate of drug-likeness (QED) is 0.550. The van der Waals surface area contributed by atoms with E-state index >= 15 is 0 Å². The van der Waals surface area contributed by atoms with Crippen molar-refractivity contribution in [2.24, 2.45) is 0 Å². The average molecular weight is 175 g/mol. The van der Waals surface area contributed by atoms with Gasteiger partial charge in [-0.3, -0.25) is 0 Å². The van der Waals surface area contributed by atoms with Gasteiger partial charge in [0, 0.05) is 0 Å². The van der Waals surface area contributed by atoms with Gasteiger partial charge in [0.25, 0.3) is 0 Å². The molecule has 3 heteroatoms. The molecule has 0 aliphatic rings. The zero-order valence-electron chi connectivity index (χ0n) is 7.94. The van der Waals surface area contributed by atoms with Crippen molar-refractivity contribution in [1.29, 1.82) is 0 Å². The maximum absolute atomic E-state index is 11.9. The van der Waals surface area contributed by atoms with Gasteiger partial charge in [0.05, 0.1) is 6.20 Å². The molecule has 0 atom stereocenters. The van der Waals surface area contributed by atoms with Crippen LogP contribution < -0.4 is 0 Å². The number of aromatic nitrogens is 1. The summed E-state index contributed by atoms with van der Waals surface area (Å²) in [5, 5.41) is 0. The van der Waals surface area contributed by atoms with E-state index in [0.29, 0.717) is 0 Å². The standard InChI is InChI=1S/C5H3F2N.2C2H6/c6-4-1-2-5(7)8-3-4;2*1-2/h1-3H;2*1-2H3. The summed E-state index contributed by atoms with van der Waals surface area (Å²) >= 11 is 0. The zero-order valence-corrected chi connectivity index (χ0v) is 7.94. The van der Waals surface area contributed by atoms with E-state index in [1.165, 1.54) is 0 Å². The van der Waals surface area contributed by atoms with Crippen molar-refractivity contribution >= 4 is 0 Å². The molecule has 0 saturated heterocycles. The minimum Gasteiger partial charge on any atom is -0.225 e. The van der Waals surface area contributed by atoms with Crippen LogP contribution in [0, 0.1) is 11.8 Å². The van der Waals surface area contributed by atoms with E-state index in [9.17, 15) is 8.78 Å². The summed E-state index contributed by atoms with van der Waals surface area (Å²) < 4.78 is 23.7. The lowest BCUT2D eigenvalue weighted by Gasteiger charge is -1.83. The third kappa shape index (κ3) is 7.12. The summed E-state index contributed by atoms with van der Waals surface area (Å²) in [6.45, 7) is 8.00. The third-order valence-electron chi connectivity index (χ3n) is 0.691. The lowest BCUT2D eigenvalue weighted by molar-refractivity contribution is 0.560. The summed E-state index contributed by atoms with van der Waals surface area (Å²) in [6, 6.07) is 1.98. The van der Waals surface area contributed by atoms with Gasteiger partial charge < -0.3 is 0 Å². The molecule has 0 aliphatic carbocycles. The molecule has 0 radical (unpaired) electrons. The van der Waals surface area contributed by atoms with Gasteiger partial charge in [-0.25, -0.2) is 9.37 Å². The number of nitrogens with zero attached hydrogens (tertiary/aromatic N) is 1. The number of pyridine rings is 1. The predicted molar refractivity (Wildman–Crippen MR) is 46.8 cm³/mol. The van der Waals surface area contributed by atoms with Gasteiger partial charge in [-0.05, 0) is 12.1 Å². The zero-order chi connectivity index (χ0) is 9.98. The van der Waals surface area contributed by atoms with Crippen LogP contribution in [0.3, 0.4) is 0 Å². The SMILES string of the molecule is CC.CC.Fc1ccc(F)nc1. The van der Waals surface area contributed by atoms with Crippen molar-refractivity contribution in [3.63, 3.8) is 0 Å². The summed E-state index contributed by atoms with van der Waals surface area (Å²) in [6.07, 6.45) is 0.829. The second kappa shape index (κ2) is 10.0. The van der Waals surface area contributed by atoms with Crippen molar-refractivity contribution in [3.8, 4) is 0 Å². The molecule has 0 aromatic carbocycles. The fraction of sp³-hybridized carbons (Fsp3) is 0.444. The van der Waals surface area contributed by atoms with Gasteiger partial charge in [0.15, 0.2) is 0 Å². The molecule has 0 bridgehead atoms. The van der Waals surface area contributed by atoms with Gasteiger partial charge in [-0.2, -0.15) is 4.39 Å². The van der Waals surface area contributed by atoms with E-state index in [0.717, 1.165) is 18.3 Å². The molecule has 0 saturated carbocycles. The van der Waals surface area contributed by atoms with Crippen LogP contribution >= 0.6 is 0 Å². The first-order chi connectivity index (χ1) is 5.79. The van der Waals surface area contributed by atoms with Crippen molar-refractivity contribution in [2.75, 3.05) is 0 Å². The molecule has 1 aromatic heterocycles. The lowest BCUT2D eigenvalue weighted by atomic mass is 10.5. The van der Waals surface area contributed by atoms with Crippen LogP contribution in [-0.2, 0) is 0 Å². The Morgan fingerprint density at radius 3 is 1.75 bits per heavy atom. The van der Waals surface area contributed by atoms with Crippen molar-refractivity contribution in [1.82, 2.24) is 4.98 Å². The highest BCUT2D eigenvalue weighted by molar-refractivity contribution is 4.94. The summed E-state index contributed by atoms with van der Waals surface area (Å²) in [7, 11) is 0. The summed E-state index contributed by atoms with van der Waals surface area (Å²) in [4.78, 5) is 3.04. The number of hydrogen-bond acceptors (Lipinski definition) is 1. The number of rotatable bonds is 0. The Bertz CT molecular complexity index is 151. The number of halogens is 2. The van der Waals surface area contributed by atoms with Crippen LogP contribution in [0.5, 0.6) is 0 Å². The molecular weight excluding hydrogens is 160 g/mol. The van der Waals surface area contributed by atoms with E-state index in [1.54, 1.807) is 0 Å². The molecule has 0 aliphatic heterocycles. The van der Waals surface area contributed by atoms with Crippen LogP contribution in [-0.4, -0.2) is 4.98 Å². The highest BCUT2D eigenvalue weighted by Gasteiger charge is 1.88. The molecule has 0 N–H and O–H groups in total. The molecule has 70 valence electrons. The molecule has 0 spiro atoms. The molecule has 12 heavy (non-hydrogen) atoms. The van der Waals surface area contributed by atoms with Crippen LogP contribution in [0.15, 0.2) is 18.3 Å². The predicted octanol–water partition coefficient (Wildman–Crippen LogP) is 3.41. The molecule has 1 nitrogen and oxygen atoms in total. The minimum atomic E-state index is -0.661. The Hall–Kier alpha value is -0.990. The number of hydrogen-bond donors (Lipinski definition) is 0. The largest absolute Gasteiger partial charge is 0.225 e. The van der Waals surface area contributed by atoms with Gasteiger partial charge in [0.1, 0.15) is 5.82 Å². The Kier molecular flexibility index (Phi) is 11.3. The first-order valence-corrected chi connectivity index (χ1v) is 4.06. The van der Waals surface area contributed by atoms with Crippen LogP contribution in [0.4, 0.5) is 8.78 Å². The van der Waals surface area contributed by atoms with Crippen LogP contribution in [0.25, 0.3) is 0 Å². The first-order valence-electron chi connectivity index (χ1n) is 4.06. The van der Waals surface area contributed by atoms with E-state index in [1.807, 2.05) is 27.7 Å². The van der Waals surface area contributed by atoms with Crippen LogP contribution in [0.1, 0.15) is 27.7 Å². The van der Waals surface area contributed by atoms with Gasteiger partial charge in [0.2, 0.25) is 5.95 Å². The Balaban J connectivity index is 0.